The lowest BCUT2D eigenvalue weighted by Gasteiger charge is -2.36. The Morgan fingerprint density at radius 3 is 2.85 bits per heavy atom. The van der Waals surface area contributed by atoms with Crippen LogP contribution >= 0.6 is 0 Å². The second-order valence-electron chi connectivity index (χ2n) is 9.49. The van der Waals surface area contributed by atoms with Gasteiger partial charge in [0.05, 0.1) is 6.61 Å². The van der Waals surface area contributed by atoms with Gasteiger partial charge in [-0.25, -0.2) is 0 Å². The third-order valence-electron chi connectivity index (χ3n) is 7.68. The molecular weight excluding hydrogens is 336 g/mol. The zero-order chi connectivity index (χ0) is 18.9. The molecule has 1 aromatic heterocycles. The molecule has 0 radical (unpaired) electrons. The van der Waals surface area contributed by atoms with Gasteiger partial charge in [-0.05, 0) is 61.8 Å². The van der Waals surface area contributed by atoms with Gasteiger partial charge in [0.25, 0.3) is 0 Å². The molecule has 150 valence electrons. The van der Waals surface area contributed by atoms with Crippen molar-refractivity contribution in [1.29, 1.82) is 0 Å². The van der Waals surface area contributed by atoms with Crippen LogP contribution in [0.2, 0.25) is 0 Å². The highest BCUT2D eigenvalue weighted by molar-refractivity contribution is 5.98. The van der Waals surface area contributed by atoms with E-state index < -0.39 is 0 Å². The van der Waals surface area contributed by atoms with Gasteiger partial charge < -0.3 is 14.2 Å². The molecule has 0 spiro atoms. The largest absolute Gasteiger partial charge is 0.380 e. The molecule has 2 aliphatic carbocycles. The lowest BCUT2D eigenvalue weighted by Crippen LogP contribution is -2.37. The van der Waals surface area contributed by atoms with E-state index in [9.17, 15) is 4.79 Å². The average molecular weight is 373 g/mol. The lowest BCUT2D eigenvalue weighted by atomic mass is 9.74. The minimum Gasteiger partial charge on any atom is -0.380 e. The van der Waals surface area contributed by atoms with E-state index in [4.69, 9.17) is 4.74 Å². The first-order chi connectivity index (χ1) is 13.1. The Balaban J connectivity index is 1.35. The first-order valence-electron chi connectivity index (χ1n) is 11.1. The number of fused-ring (bicyclic) bond motifs is 1. The number of Topliss-reactive ketones (excluding diaryl/α,β-unsaturated/α-hetero) is 1. The number of rotatable bonds is 5. The van der Waals surface area contributed by atoms with Crippen molar-refractivity contribution in [1.82, 2.24) is 9.47 Å². The topological polar surface area (TPSA) is 34.5 Å². The molecular formula is C23H36N2O2. The maximum atomic E-state index is 12.1. The summed E-state index contributed by atoms with van der Waals surface area (Å²) >= 11 is 0. The Bertz CT molecular complexity index is 655. The zero-order valence-electron chi connectivity index (χ0n) is 17.2. The van der Waals surface area contributed by atoms with Gasteiger partial charge in [-0.2, -0.15) is 0 Å². The first kappa shape index (κ1) is 19.2. The second kappa shape index (κ2) is 8.08. The summed E-state index contributed by atoms with van der Waals surface area (Å²) in [6, 6.07) is 2.06. The maximum Gasteiger partial charge on any atom is 0.164 e. The standard InChI is InChI=1S/C23H36N2O2/c1-23(2)18(7-8-19(23)17-24-11-4-15-27-16-14-24)9-12-25-13-10-20-21(25)5-3-6-22(20)26/h10,13,18-19H,3-9,11-12,14-17H2,1-2H3. The molecule has 27 heavy (non-hydrogen) atoms. The molecule has 0 aromatic carbocycles. The number of aromatic nitrogens is 1. The number of hydrogen-bond donors (Lipinski definition) is 0. The third-order valence-corrected chi connectivity index (χ3v) is 7.68. The van der Waals surface area contributed by atoms with Gasteiger partial charge in [0.1, 0.15) is 0 Å². The van der Waals surface area contributed by atoms with Crippen LogP contribution in [-0.4, -0.2) is 48.1 Å². The minimum absolute atomic E-state index is 0.345. The summed E-state index contributed by atoms with van der Waals surface area (Å²) in [7, 11) is 0. The highest BCUT2D eigenvalue weighted by Gasteiger charge is 2.43. The number of hydrogen-bond acceptors (Lipinski definition) is 3. The van der Waals surface area contributed by atoms with Crippen molar-refractivity contribution in [2.24, 2.45) is 17.3 Å². The molecule has 1 saturated heterocycles. The zero-order valence-corrected chi connectivity index (χ0v) is 17.2. The van der Waals surface area contributed by atoms with Crippen LogP contribution in [0, 0.1) is 17.3 Å². The normalized spacial score (nSPS) is 28.9. The maximum absolute atomic E-state index is 12.1. The Labute approximate surface area is 164 Å². The molecule has 4 nitrogen and oxygen atoms in total. The Morgan fingerprint density at radius 2 is 1.96 bits per heavy atom. The molecule has 1 aliphatic heterocycles. The Kier molecular flexibility index (Phi) is 5.75. The summed E-state index contributed by atoms with van der Waals surface area (Å²) in [5.74, 6) is 1.92. The summed E-state index contributed by atoms with van der Waals surface area (Å²) < 4.78 is 8.00. The van der Waals surface area contributed by atoms with Crippen LogP contribution in [0.1, 0.15) is 68.4 Å². The van der Waals surface area contributed by atoms with Crippen molar-refractivity contribution in [3.05, 3.63) is 23.5 Å². The van der Waals surface area contributed by atoms with E-state index in [-0.39, 0.29) is 0 Å². The van der Waals surface area contributed by atoms with E-state index in [1.165, 1.54) is 44.5 Å². The van der Waals surface area contributed by atoms with Crippen LogP contribution in [0.5, 0.6) is 0 Å². The Morgan fingerprint density at radius 1 is 1.11 bits per heavy atom. The molecule has 3 aliphatic rings. The fourth-order valence-electron chi connectivity index (χ4n) is 5.71. The van der Waals surface area contributed by atoms with Crippen LogP contribution in [0.15, 0.2) is 12.3 Å². The number of carbonyl (C=O) groups is 1. The highest BCUT2D eigenvalue weighted by Crippen LogP contribution is 2.49. The van der Waals surface area contributed by atoms with Crippen molar-refractivity contribution in [3.8, 4) is 0 Å². The highest BCUT2D eigenvalue weighted by atomic mass is 16.5. The molecule has 2 fully saturated rings. The number of ketones is 1. The van der Waals surface area contributed by atoms with Gasteiger partial charge in [-0.15, -0.1) is 0 Å². The van der Waals surface area contributed by atoms with Crippen LogP contribution < -0.4 is 0 Å². The van der Waals surface area contributed by atoms with Gasteiger partial charge in [0.15, 0.2) is 5.78 Å². The van der Waals surface area contributed by atoms with Gasteiger partial charge in [0.2, 0.25) is 0 Å². The summed E-state index contributed by atoms with van der Waals surface area (Å²) in [6.07, 6.45) is 10.1. The SMILES string of the molecule is CC1(C)C(CCn2ccc3c2CCCC3=O)CCC1CN1CCCOCC1. The number of ether oxygens (including phenoxy) is 1. The molecule has 1 saturated carbocycles. The van der Waals surface area contributed by atoms with E-state index in [1.54, 1.807) is 0 Å². The smallest absolute Gasteiger partial charge is 0.164 e. The molecule has 0 amide bonds. The fourth-order valence-corrected chi connectivity index (χ4v) is 5.71. The summed E-state index contributed by atoms with van der Waals surface area (Å²) in [5.41, 5.74) is 2.69. The second-order valence-corrected chi connectivity index (χ2v) is 9.49. The minimum atomic E-state index is 0.345. The van der Waals surface area contributed by atoms with Crippen molar-refractivity contribution >= 4 is 5.78 Å². The average Bonchev–Trinajstić information content (AvgIpc) is 3.05. The van der Waals surface area contributed by atoms with Crippen molar-refractivity contribution in [2.75, 3.05) is 32.8 Å². The lowest BCUT2D eigenvalue weighted by molar-refractivity contribution is 0.0971. The van der Waals surface area contributed by atoms with Gasteiger partial charge in [-0.1, -0.05) is 13.8 Å². The first-order valence-corrected chi connectivity index (χ1v) is 11.1. The van der Waals surface area contributed by atoms with E-state index >= 15 is 0 Å². The van der Waals surface area contributed by atoms with E-state index in [2.05, 4.69) is 35.6 Å². The molecule has 2 atom stereocenters. The molecule has 2 heterocycles. The third kappa shape index (κ3) is 4.02. The predicted octanol–water partition coefficient (Wildman–Crippen LogP) is 4.17. The van der Waals surface area contributed by atoms with Gasteiger partial charge in [0, 0.05) is 56.7 Å². The molecule has 2 unspecified atom stereocenters. The number of aryl methyl sites for hydroxylation is 1. The summed E-state index contributed by atoms with van der Waals surface area (Å²) in [4.78, 5) is 14.7. The summed E-state index contributed by atoms with van der Waals surface area (Å²) in [5, 5.41) is 0. The van der Waals surface area contributed by atoms with Crippen molar-refractivity contribution in [2.45, 2.75) is 65.3 Å². The van der Waals surface area contributed by atoms with Crippen molar-refractivity contribution < 1.29 is 9.53 Å². The van der Waals surface area contributed by atoms with E-state index in [1.807, 2.05) is 0 Å². The van der Waals surface area contributed by atoms with Crippen LogP contribution in [0.4, 0.5) is 0 Å². The molecule has 1 aromatic rings. The van der Waals surface area contributed by atoms with Gasteiger partial charge >= 0.3 is 0 Å². The van der Waals surface area contributed by atoms with E-state index in [0.29, 0.717) is 11.2 Å². The van der Waals surface area contributed by atoms with Crippen LogP contribution in [0.25, 0.3) is 0 Å². The fraction of sp³-hybridized carbons (Fsp3) is 0.783. The van der Waals surface area contributed by atoms with Crippen LogP contribution in [0.3, 0.4) is 0 Å². The van der Waals surface area contributed by atoms with Crippen LogP contribution in [-0.2, 0) is 17.7 Å². The van der Waals surface area contributed by atoms with Gasteiger partial charge in [-0.3, -0.25) is 4.79 Å². The Hall–Kier alpha value is -1.13. The monoisotopic (exact) mass is 372 g/mol. The molecule has 0 N–H and O–H groups in total. The van der Waals surface area contributed by atoms with E-state index in [0.717, 1.165) is 63.0 Å². The quantitative estimate of drug-likeness (QED) is 0.778. The molecule has 0 bridgehead atoms. The van der Waals surface area contributed by atoms with Crippen molar-refractivity contribution in [3.63, 3.8) is 0 Å². The predicted molar refractivity (Wildman–Crippen MR) is 108 cm³/mol. The molecule has 4 rings (SSSR count). The summed E-state index contributed by atoms with van der Waals surface area (Å²) in [6.45, 7) is 11.4. The number of carbonyl (C=O) groups excluding carboxylic acids is 1. The molecule has 4 heteroatoms. The number of nitrogens with zero attached hydrogens (tertiary/aromatic N) is 2.